The molecule has 5 heteroatoms. The fraction of sp³-hybridized carbons (Fsp3) is 0.467. The van der Waals surface area contributed by atoms with Crippen LogP contribution >= 0.6 is 0 Å². The minimum absolute atomic E-state index is 0.250. The first-order chi connectivity index (χ1) is 9.66. The van der Waals surface area contributed by atoms with Gasteiger partial charge >= 0.3 is 0 Å². The van der Waals surface area contributed by atoms with Gasteiger partial charge in [-0.15, -0.1) is 0 Å². The standard InChI is InChI=1S/C15H21N3O2/c1-12(2)18-15(16-11-17-18)10-13(19)8-9-20-14-6-4-3-5-7-14/h3-7,11-13,19H,8-10H2,1-2H3. The highest BCUT2D eigenvalue weighted by atomic mass is 16.5. The monoisotopic (exact) mass is 275 g/mol. The van der Waals surface area contributed by atoms with Crippen LogP contribution in [0.3, 0.4) is 0 Å². The number of para-hydroxylation sites is 1. The summed E-state index contributed by atoms with van der Waals surface area (Å²) in [4.78, 5) is 4.19. The minimum Gasteiger partial charge on any atom is -0.493 e. The molecule has 108 valence electrons. The first kappa shape index (κ1) is 14.5. The summed E-state index contributed by atoms with van der Waals surface area (Å²) in [5, 5.41) is 14.2. The predicted molar refractivity (Wildman–Crippen MR) is 76.7 cm³/mol. The molecular formula is C15H21N3O2. The van der Waals surface area contributed by atoms with Gasteiger partial charge in [0.1, 0.15) is 17.9 Å². The van der Waals surface area contributed by atoms with E-state index in [2.05, 4.69) is 10.1 Å². The highest BCUT2D eigenvalue weighted by Crippen LogP contribution is 2.11. The number of aliphatic hydroxyl groups is 1. The number of nitrogens with zero attached hydrogens (tertiary/aromatic N) is 3. The molecule has 1 unspecified atom stereocenters. The fourth-order valence-corrected chi connectivity index (χ4v) is 1.99. The van der Waals surface area contributed by atoms with Gasteiger partial charge in [-0.2, -0.15) is 5.10 Å². The summed E-state index contributed by atoms with van der Waals surface area (Å²) in [6.07, 6.45) is 2.12. The van der Waals surface area contributed by atoms with E-state index in [1.807, 2.05) is 48.9 Å². The normalized spacial score (nSPS) is 12.6. The number of hydrogen-bond acceptors (Lipinski definition) is 4. The second kappa shape index (κ2) is 7.05. The molecule has 0 amide bonds. The number of benzene rings is 1. The van der Waals surface area contributed by atoms with Crippen LogP contribution in [0.5, 0.6) is 5.75 Å². The van der Waals surface area contributed by atoms with Crippen LogP contribution in [0.1, 0.15) is 32.1 Å². The molecule has 1 N–H and O–H groups in total. The van der Waals surface area contributed by atoms with E-state index < -0.39 is 6.10 Å². The maximum atomic E-state index is 10.0. The van der Waals surface area contributed by atoms with Crippen LogP contribution < -0.4 is 4.74 Å². The van der Waals surface area contributed by atoms with Gasteiger partial charge < -0.3 is 9.84 Å². The van der Waals surface area contributed by atoms with Gasteiger partial charge in [-0.1, -0.05) is 18.2 Å². The van der Waals surface area contributed by atoms with E-state index >= 15 is 0 Å². The Labute approximate surface area is 119 Å². The highest BCUT2D eigenvalue weighted by molar-refractivity contribution is 5.20. The molecular weight excluding hydrogens is 254 g/mol. The van der Waals surface area contributed by atoms with Gasteiger partial charge in [0.15, 0.2) is 0 Å². The number of aromatic nitrogens is 3. The molecule has 1 aromatic carbocycles. The molecule has 0 spiro atoms. The summed E-state index contributed by atoms with van der Waals surface area (Å²) in [5.41, 5.74) is 0. The molecule has 0 saturated heterocycles. The molecule has 0 fully saturated rings. The number of ether oxygens (including phenoxy) is 1. The van der Waals surface area contributed by atoms with E-state index in [9.17, 15) is 5.11 Å². The van der Waals surface area contributed by atoms with Crippen molar-refractivity contribution in [2.24, 2.45) is 0 Å². The number of rotatable bonds is 7. The van der Waals surface area contributed by atoms with Crippen molar-refractivity contribution < 1.29 is 9.84 Å². The van der Waals surface area contributed by atoms with Crippen LogP contribution in [-0.2, 0) is 6.42 Å². The lowest BCUT2D eigenvalue weighted by Crippen LogP contribution is -2.19. The van der Waals surface area contributed by atoms with E-state index in [1.165, 1.54) is 6.33 Å². The van der Waals surface area contributed by atoms with Crippen LogP contribution in [0.4, 0.5) is 0 Å². The maximum absolute atomic E-state index is 10.0. The first-order valence-electron chi connectivity index (χ1n) is 6.91. The summed E-state index contributed by atoms with van der Waals surface area (Å²) in [5.74, 6) is 1.64. The third-order valence-corrected chi connectivity index (χ3v) is 3.02. The Morgan fingerprint density at radius 2 is 2.00 bits per heavy atom. The van der Waals surface area contributed by atoms with Gasteiger partial charge in [0.05, 0.1) is 12.7 Å². The Bertz CT molecular complexity index is 511. The third-order valence-electron chi connectivity index (χ3n) is 3.02. The summed E-state index contributed by atoms with van der Waals surface area (Å²) in [6, 6.07) is 9.86. The zero-order valence-corrected chi connectivity index (χ0v) is 11.9. The topological polar surface area (TPSA) is 60.2 Å². The quantitative estimate of drug-likeness (QED) is 0.841. The highest BCUT2D eigenvalue weighted by Gasteiger charge is 2.13. The molecule has 20 heavy (non-hydrogen) atoms. The smallest absolute Gasteiger partial charge is 0.138 e. The third kappa shape index (κ3) is 4.06. The molecule has 1 heterocycles. The van der Waals surface area contributed by atoms with Crippen molar-refractivity contribution in [2.75, 3.05) is 6.61 Å². The molecule has 0 radical (unpaired) electrons. The van der Waals surface area contributed by atoms with E-state index in [1.54, 1.807) is 0 Å². The largest absolute Gasteiger partial charge is 0.493 e. The van der Waals surface area contributed by atoms with Crippen molar-refractivity contribution in [3.8, 4) is 5.75 Å². The Hall–Kier alpha value is -1.88. The van der Waals surface area contributed by atoms with Crippen LogP contribution in [0.25, 0.3) is 0 Å². The molecule has 2 rings (SSSR count). The molecule has 0 bridgehead atoms. The lowest BCUT2D eigenvalue weighted by molar-refractivity contribution is 0.136. The van der Waals surface area contributed by atoms with Crippen molar-refractivity contribution >= 4 is 0 Å². The molecule has 0 aliphatic heterocycles. The average molecular weight is 275 g/mol. The van der Waals surface area contributed by atoms with Gasteiger partial charge in [-0.05, 0) is 26.0 Å². The lowest BCUT2D eigenvalue weighted by Gasteiger charge is -2.13. The maximum Gasteiger partial charge on any atom is 0.138 e. The Kier molecular flexibility index (Phi) is 5.12. The number of hydrogen-bond donors (Lipinski definition) is 1. The molecule has 2 aromatic rings. The van der Waals surface area contributed by atoms with Crippen molar-refractivity contribution in [1.82, 2.24) is 14.8 Å². The Balaban J connectivity index is 1.78. The van der Waals surface area contributed by atoms with Crippen LogP contribution in [0.2, 0.25) is 0 Å². The van der Waals surface area contributed by atoms with Crippen molar-refractivity contribution in [3.05, 3.63) is 42.5 Å². The van der Waals surface area contributed by atoms with Gasteiger partial charge in [0.2, 0.25) is 0 Å². The summed E-state index contributed by atoms with van der Waals surface area (Å²) in [7, 11) is 0. The molecule has 0 aliphatic rings. The molecule has 1 atom stereocenters. The van der Waals surface area contributed by atoms with Gasteiger partial charge in [-0.25, -0.2) is 9.67 Å². The van der Waals surface area contributed by atoms with Crippen LogP contribution in [0.15, 0.2) is 36.7 Å². The average Bonchev–Trinajstić information content (AvgIpc) is 2.88. The Morgan fingerprint density at radius 3 is 2.70 bits per heavy atom. The van der Waals surface area contributed by atoms with Gasteiger partial charge in [-0.3, -0.25) is 0 Å². The van der Waals surface area contributed by atoms with E-state index in [0.717, 1.165) is 11.6 Å². The number of aliphatic hydroxyl groups excluding tert-OH is 1. The van der Waals surface area contributed by atoms with Crippen molar-refractivity contribution in [1.29, 1.82) is 0 Å². The van der Waals surface area contributed by atoms with Crippen molar-refractivity contribution in [2.45, 2.75) is 38.8 Å². The van der Waals surface area contributed by atoms with Crippen molar-refractivity contribution in [3.63, 3.8) is 0 Å². The van der Waals surface area contributed by atoms with Crippen LogP contribution in [-0.4, -0.2) is 32.6 Å². The van der Waals surface area contributed by atoms with Gasteiger partial charge in [0.25, 0.3) is 0 Å². The predicted octanol–water partition coefficient (Wildman–Crippen LogP) is 2.23. The molecule has 1 aromatic heterocycles. The second-order valence-electron chi connectivity index (χ2n) is 5.02. The summed E-state index contributed by atoms with van der Waals surface area (Å²) >= 11 is 0. The van der Waals surface area contributed by atoms with E-state index in [4.69, 9.17) is 4.74 Å². The van der Waals surface area contributed by atoms with Crippen LogP contribution in [0, 0.1) is 0 Å². The molecule has 0 aliphatic carbocycles. The SMILES string of the molecule is CC(C)n1ncnc1CC(O)CCOc1ccccc1. The zero-order valence-electron chi connectivity index (χ0n) is 11.9. The summed E-state index contributed by atoms with van der Waals surface area (Å²) < 4.78 is 7.41. The van der Waals surface area contributed by atoms with E-state index in [-0.39, 0.29) is 6.04 Å². The van der Waals surface area contributed by atoms with Gasteiger partial charge in [0, 0.05) is 18.9 Å². The van der Waals surface area contributed by atoms with E-state index in [0.29, 0.717) is 19.4 Å². The molecule has 0 saturated carbocycles. The summed E-state index contributed by atoms with van der Waals surface area (Å²) in [6.45, 7) is 4.58. The second-order valence-corrected chi connectivity index (χ2v) is 5.02. The zero-order chi connectivity index (χ0) is 14.4. The molecule has 5 nitrogen and oxygen atoms in total. The first-order valence-corrected chi connectivity index (χ1v) is 6.91. The fourth-order valence-electron chi connectivity index (χ4n) is 1.99. The minimum atomic E-state index is -0.472. The lowest BCUT2D eigenvalue weighted by atomic mass is 10.2. The Morgan fingerprint density at radius 1 is 1.25 bits per heavy atom.